The van der Waals surface area contributed by atoms with Crippen LogP contribution in [0.15, 0.2) is 22.7 Å². The van der Waals surface area contributed by atoms with Crippen molar-refractivity contribution < 1.29 is 5.11 Å². The molecule has 3 N–H and O–H groups in total. The summed E-state index contributed by atoms with van der Waals surface area (Å²) in [6.45, 7) is 1.91. The summed E-state index contributed by atoms with van der Waals surface area (Å²) in [5.41, 5.74) is 6.31. The molecule has 0 heterocycles. The molecule has 0 saturated carbocycles. The first-order valence-electron chi connectivity index (χ1n) is 4.32. The molecule has 0 aliphatic rings. The molecule has 1 aromatic carbocycles. The Morgan fingerprint density at radius 2 is 2.21 bits per heavy atom. The zero-order chi connectivity index (χ0) is 10.8. The number of rotatable bonds is 3. The summed E-state index contributed by atoms with van der Waals surface area (Å²) in [5.74, 6) is 0. The first-order valence-corrected chi connectivity index (χ1v) is 5.50. The first kappa shape index (κ1) is 12.0. The average molecular weight is 279 g/mol. The summed E-state index contributed by atoms with van der Waals surface area (Å²) in [6, 6.07) is 5.54. The number of hydrogen-bond acceptors (Lipinski definition) is 2. The zero-order valence-electron chi connectivity index (χ0n) is 7.93. The van der Waals surface area contributed by atoms with Gasteiger partial charge in [-0.3, -0.25) is 0 Å². The standard InChI is InChI=1S/C10H13BrClNO/c1-10(13,4-5-14)8-6-7(11)2-3-9(8)12/h2-3,6,14H,4-5,13H2,1H3/t10-/m1/s1. The lowest BCUT2D eigenvalue weighted by molar-refractivity contribution is 0.247. The van der Waals surface area contributed by atoms with E-state index in [-0.39, 0.29) is 6.61 Å². The van der Waals surface area contributed by atoms with Crippen LogP contribution in [0, 0.1) is 0 Å². The van der Waals surface area contributed by atoms with Gasteiger partial charge >= 0.3 is 0 Å². The molecule has 1 aromatic rings. The molecule has 0 radical (unpaired) electrons. The third-order valence-corrected chi connectivity index (χ3v) is 3.00. The molecule has 0 aliphatic carbocycles. The predicted octanol–water partition coefficient (Wildman–Crippen LogP) is 2.66. The quantitative estimate of drug-likeness (QED) is 0.893. The molecule has 78 valence electrons. The lowest BCUT2D eigenvalue weighted by Gasteiger charge is -2.25. The molecule has 14 heavy (non-hydrogen) atoms. The van der Waals surface area contributed by atoms with Crippen LogP contribution in [0.25, 0.3) is 0 Å². The number of hydrogen-bond donors (Lipinski definition) is 2. The summed E-state index contributed by atoms with van der Waals surface area (Å²) < 4.78 is 0.937. The fourth-order valence-electron chi connectivity index (χ4n) is 1.30. The van der Waals surface area contributed by atoms with Crippen LogP contribution in [-0.2, 0) is 5.54 Å². The van der Waals surface area contributed by atoms with Crippen molar-refractivity contribution in [3.8, 4) is 0 Å². The van der Waals surface area contributed by atoms with E-state index in [1.165, 1.54) is 0 Å². The van der Waals surface area contributed by atoms with Gasteiger partial charge in [-0.2, -0.15) is 0 Å². The van der Waals surface area contributed by atoms with Gasteiger partial charge in [-0.15, -0.1) is 0 Å². The van der Waals surface area contributed by atoms with Crippen LogP contribution in [0.5, 0.6) is 0 Å². The summed E-state index contributed by atoms with van der Waals surface area (Å²) >= 11 is 9.40. The second kappa shape index (κ2) is 4.62. The summed E-state index contributed by atoms with van der Waals surface area (Å²) in [4.78, 5) is 0. The molecule has 0 spiro atoms. The third-order valence-electron chi connectivity index (χ3n) is 2.17. The normalized spacial score (nSPS) is 15.2. The summed E-state index contributed by atoms with van der Waals surface area (Å²) in [7, 11) is 0. The topological polar surface area (TPSA) is 46.2 Å². The second-order valence-electron chi connectivity index (χ2n) is 3.52. The molecule has 0 aliphatic heterocycles. The van der Waals surface area contributed by atoms with Crippen molar-refractivity contribution in [3.05, 3.63) is 33.3 Å². The minimum absolute atomic E-state index is 0.0514. The van der Waals surface area contributed by atoms with Gasteiger partial charge in [0.2, 0.25) is 0 Å². The van der Waals surface area contributed by atoms with E-state index in [1.54, 1.807) is 6.07 Å². The molecule has 1 atom stereocenters. The molecule has 0 aromatic heterocycles. The number of aliphatic hydroxyl groups excluding tert-OH is 1. The van der Waals surface area contributed by atoms with Gasteiger partial charge in [0.15, 0.2) is 0 Å². The molecular formula is C10H13BrClNO. The fraction of sp³-hybridized carbons (Fsp3) is 0.400. The molecule has 0 fully saturated rings. The minimum atomic E-state index is -0.588. The van der Waals surface area contributed by atoms with Crippen LogP contribution in [0.3, 0.4) is 0 Å². The highest BCUT2D eigenvalue weighted by atomic mass is 79.9. The zero-order valence-corrected chi connectivity index (χ0v) is 10.3. The van der Waals surface area contributed by atoms with Crippen LogP contribution < -0.4 is 5.73 Å². The molecule has 2 nitrogen and oxygen atoms in total. The Hall–Kier alpha value is -0.0900. The van der Waals surface area contributed by atoms with Gasteiger partial charge in [0, 0.05) is 21.6 Å². The lowest BCUT2D eigenvalue weighted by atomic mass is 9.90. The molecule has 0 saturated heterocycles. The van der Waals surface area contributed by atoms with E-state index in [0.29, 0.717) is 11.4 Å². The van der Waals surface area contributed by atoms with E-state index in [2.05, 4.69) is 15.9 Å². The SMILES string of the molecule is C[C@@](N)(CCO)c1cc(Br)ccc1Cl. The van der Waals surface area contributed by atoms with Gasteiger partial charge < -0.3 is 10.8 Å². The minimum Gasteiger partial charge on any atom is -0.396 e. The van der Waals surface area contributed by atoms with E-state index >= 15 is 0 Å². The van der Waals surface area contributed by atoms with Gasteiger partial charge in [0.25, 0.3) is 0 Å². The van der Waals surface area contributed by atoms with Gasteiger partial charge in [-0.05, 0) is 37.1 Å². The Kier molecular flexibility index (Phi) is 3.95. The van der Waals surface area contributed by atoms with Crippen molar-refractivity contribution in [2.75, 3.05) is 6.61 Å². The van der Waals surface area contributed by atoms with Crippen LogP contribution in [0.2, 0.25) is 5.02 Å². The predicted molar refractivity (Wildman–Crippen MR) is 62.4 cm³/mol. The van der Waals surface area contributed by atoms with Crippen LogP contribution in [0.4, 0.5) is 0 Å². The molecule has 1 rings (SSSR count). The highest BCUT2D eigenvalue weighted by Gasteiger charge is 2.23. The Bertz CT molecular complexity index is 328. The second-order valence-corrected chi connectivity index (χ2v) is 4.84. The average Bonchev–Trinajstić information content (AvgIpc) is 2.09. The van der Waals surface area contributed by atoms with E-state index in [1.807, 2.05) is 19.1 Å². The molecule has 4 heteroatoms. The Morgan fingerprint density at radius 3 is 2.79 bits per heavy atom. The van der Waals surface area contributed by atoms with Gasteiger partial charge in [0.1, 0.15) is 0 Å². The van der Waals surface area contributed by atoms with E-state index in [0.717, 1.165) is 10.0 Å². The monoisotopic (exact) mass is 277 g/mol. The van der Waals surface area contributed by atoms with Crippen molar-refractivity contribution in [1.82, 2.24) is 0 Å². The van der Waals surface area contributed by atoms with Gasteiger partial charge in [-0.1, -0.05) is 27.5 Å². The van der Waals surface area contributed by atoms with Crippen molar-refractivity contribution >= 4 is 27.5 Å². The number of aliphatic hydroxyl groups is 1. The van der Waals surface area contributed by atoms with Crippen LogP contribution in [0.1, 0.15) is 18.9 Å². The Balaban J connectivity index is 3.10. The third kappa shape index (κ3) is 2.70. The highest BCUT2D eigenvalue weighted by Crippen LogP contribution is 2.30. The molecular weight excluding hydrogens is 265 g/mol. The summed E-state index contributed by atoms with van der Waals surface area (Å²) in [6.07, 6.45) is 0.489. The van der Waals surface area contributed by atoms with Gasteiger partial charge in [-0.25, -0.2) is 0 Å². The fourth-order valence-corrected chi connectivity index (χ4v) is 2.00. The Labute approximate surface area is 97.2 Å². The van der Waals surface area contributed by atoms with Crippen LogP contribution in [-0.4, -0.2) is 11.7 Å². The van der Waals surface area contributed by atoms with E-state index in [4.69, 9.17) is 22.4 Å². The number of benzene rings is 1. The van der Waals surface area contributed by atoms with Gasteiger partial charge in [0.05, 0.1) is 0 Å². The van der Waals surface area contributed by atoms with Crippen LogP contribution >= 0.6 is 27.5 Å². The van der Waals surface area contributed by atoms with E-state index in [9.17, 15) is 0 Å². The van der Waals surface area contributed by atoms with Crippen molar-refractivity contribution in [2.24, 2.45) is 5.73 Å². The highest BCUT2D eigenvalue weighted by molar-refractivity contribution is 9.10. The van der Waals surface area contributed by atoms with E-state index < -0.39 is 5.54 Å². The lowest BCUT2D eigenvalue weighted by Crippen LogP contribution is -2.34. The van der Waals surface area contributed by atoms with Crippen molar-refractivity contribution in [2.45, 2.75) is 18.9 Å². The first-order chi connectivity index (χ1) is 6.47. The largest absolute Gasteiger partial charge is 0.396 e. The maximum atomic E-state index is 8.89. The number of halogens is 2. The smallest absolute Gasteiger partial charge is 0.0457 e. The van der Waals surface area contributed by atoms with Crippen molar-refractivity contribution in [3.63, 3.8) is 0 Å². The molecule has 0 amide bonds. The summed E-state index contributed by atoms with van der Waals surface area (Å²) in [5, 5.41) is 9.52. The molecule has 0 bridgehead atoms. The van der Waals surface area contributed by atoms with Crippen molar-refractivity contribution in [1.29, 1.82) is 0 Å². The molecule has 0 unspecified atom stereocenters. The number of nitrogens with two attached hydrogens (primary N) is 1. The Morgan fingerprint density at radius 1 is 1.57 bits per heavy atom. The maximum Gasteiger partial charge on any atom is 0.0457 e. The maximum absolute atomic E-state index is 8.89.